The van der Waals surface area contributed by atoms with E-state index in [0.717, 1.165) is 40.6 Å². The number of amides is 1. The highest BCUT2D eigenvalue weighted by atomic mass is 35.5. The largest absolute Gasteiger partial charge is 0.338 e. The lowest BCUT2D eigenvalue weighted by Crippen LogP contribution is -2.15. The molecule has 0 spiro atoms. The topological polar surface area (TPSA) is 55.1 Å². The molecular weight excluding hydrogens is 332 g/mol. The van der Waals surface area contributed by atoms with Gasteiger partial charge in [0.25, 0.3) is 5.91 Å². The van der Waals surface area contributed by atoms with Crippen molar-refractivity contribution in [1.29, 1.82) is 0 Å². The number of thiophene rings is 1. The van der Waals surface area contributed by atoms with Crippen LogP contribution in [0, 0.1) is 5.92 Å². The van der Waals surface area contributed by atoms with E-state index in [1.165, 1.54) is 11.3 Å². The first kappa shape index (κ1) is 14.7. The molecule has 0 radical (unpaired) electrons. The Morgan fingerprint density at radius 2 is 2.26 bits per heavy atom. The van der Waals surface area contributed by atoms with Crippen LogP contribution in [0.2, 0.25) is 5.02 Å². The lowest BCUT2D eigenvalue weighted by molar-refractivity contribution is 0.102. The zero-order valence-electron chi connectivity index (χ0n) is 12.6. The van der Waals surface area contributed by atoms with Crippen LogP contribution >= 0.6 is 22.9 Å². The van der Waals surface area contributed by atoms with Crippen LogP contribution in [0.25, 0.3) is 10.1 Å². The number of hydrogen-bond acceptors (Lipinski definition) is 4. The van der Waals surface area contributed by atoms with Gasteiger partial charge in [-0.25, -0.2) is 0 Å². The number of nitrogens with zero attached hydrogens (tertiary/aromatic N) is 1. The van der Waals surface area contributed by atoms with Gasteiger partial charge < -0.3 is 4.52 Å². The van der Waals surface area contributed by atoms with E-state index >= 15 is 0 Å². The van der Waals surface area contributed by atoms with Crippen LogP contribution in [0.3, 0.4) is 0 Å². The number of benzene rings is 1. The average molecular weight is 347 g/mol. The summed E-state index contributed by atoms with van der Waals surface area (Å²) < 4.78 is 6.35. The van der Waals surface area contributed by atoms with Gasteiger partial charge in [-0.05, 0) is 31.2 Å². The molecule has 1 aliphatic carbocycles. The summed E-state index contributed by atoms with van der Waals surface area (Å²) >= 11 is 7.75. The molecule has 0 aliphatic heterocycles. The van der Waals surface area contributed by atoms with E-state index in [0.29, 0.717) is 21.7 Å². The van der Waals surface area contributed by atoms with Crippen LogP contribution in [0.15, 0.2) is 28.8 Å². The number of hydrogen-bond donors (Lipinski definition) is 1. The van der Waals surface area contributed by atoms with Crippen LogP contribution in [0.4, 0.5) is 5.88 Å². The van der Waals surface area contributed by atoms with Crippen molar-refractivity contribution in [3.05, 3.63) is 45.4 Å². The molecule has 0 saturated carbocycles. The summed E-state index contributed by atoms with van der Waals surface area (Å²) in [6.07, 6.45) is 2.89. The monoisotopic (exact) mass is 346 g/mol. The Bertz CT molecular complexity index is 899. The predicted octanol–water partition coefficient (Wildman–Crippen LogP) is 4.92. The number of carbonyl (C=O) groups excluding carboxylic acids is 1. The molecule has 0 bridgehead atoms. The van der Waals surface area contributed by atoms with Gasteiger partial charge in [-0.2, -0.15) is 0 Å². The second kappa shape index (κ2) is 5.65. The molecular formula is C17H15ClN2O2S. The zero-order chi connectivity index (χ0) is 16.0. The number of aromatic nitrogens is 1. The zero-order valence-corrected chi connectivity index (χ0v) is 14.1. The smallest absolute Gasteiger partial charge is 0.269 e. The van der Waals surface area contributed by atoms with Gasteiger partial charge in [-0.15, -0.1) is 11.3 Å². The third kappa shape index (κ3) is 2.54. The summed E-state index contributed by atoms with van der Waals surface area (Å²) in [7, 11) is 0. The molecule has 0 saturated heterocycles. The lowest BCUT2D eigenvalue weighted by atomic mass is 9.89. The number of nitrogens with one attached hydrogen (secondary N) is 1. The van der Waals surface area contributed by atoms with E-state index in [1.807, 2.05) is 24.3 Å². The van der Waals surface area contributed by atoms with Crippen LogP contribution < -0.4 is 5.32 Å². The maximum absolute atomic E-state index is 12.6. The van der Waals surface area contributed by atoms with Crippen LogP contribution in [-0.4, -0.2) is 11.1 Å². The maximum Gasteiger partial charge on any atom is 0.269 e. The fourth-order valence-corrected chi connectivity index (χ4v) is 4.41. The van der Waals surface area contributed by atoms with Crippen LogP contribution in [0.1, 0.15) is 34.3 Å². The number of carbonyl (C=O) groups is 1. The quantitative estimate of drug-likeness (QED) is 0.716. The van der Waals surface area contributed by atoms with Crippen molar-refractivity contribution < 1.29 is 9.32 Å². The van der Waals surface area contributed by atoms with Gasteiger partial charge in [0, 0.05) is 15.6 Å². The number of rotatable bonds is 2. The van der Waals surface area contributed by atoms with Gasteiger partial charge in [0.1, 0.15) is 4.88 Å². The molecule has 4 nitrogen and oxygen atoms in total. The molecule has 6 heteroatoms. The van der Waals surface area contributed by atoms with Gasteiger partial charge in [0.15, 0.2) is 0 Å². The van der Waals surface area contributed by atoms with Crippen molar-refractivity contribution in [2.45, 2.75) is 26.2 Å². The van der Waals surface area contributed by atoms with Crippen molar-refractivity contribution in [3.63, 3.8) is 0 Å². The highest BCUT2D eigenvalue weighted by Gasteiger charge is 2.26. The van der Waals surface area contributed by atoms with Gasteiger partial charge in [-0.3, -0.25) is 10.1 Å². The average Bonchev–Trinajstić information content (AvgIpc) is 3.09. The Morgan fingerprint density at radius 3 is 3.09 bits per heavy atom. The van der Waals surface area contributed by atoms with Crippen LogP contribution in [0.5, 0.6) is 0 Å². The molecule has 1 N–H and O–H groups in total. The number of anilines is 1. The maximum atomic E-state index is 12.6. The molecule has 23 heavy (non-hydrogen) atoms. The van der Waals surface area contributed by atoms with E-state index in [4.69, 9.17) is 16.1 Å². The molecule has 0 unspecified atom stereocenters. The molecule has 0 fully saturated rings. The second-order valence-electron chi connectivity index (χ2n) is 5.98. The molecule has 3 aromatic rings. The molecule has 1 atom stereocenters. The third-order valence-electron chi connectivity index (χ3n) is 4.26. The van der Waals surface area contributed by atoms with E-state index in [1.54, 1.807) is 0 Å². The van der Waals surface area contributed by atoms with E-state index in [-0.39, 0.29) is 5.91 Å². The molecule has 118 valence electrons. The fourth-order valence-electron chi connectivity index (χ4n) is 3.00. The van der Waals surface area contributed by atoms with Gasteiger partial charge >= 0.3 is 0 Å². The van der Waals surface area contributed by atoms with Crippen molar-refractivity contribution in [1.82, 2.24) is 5.16 Å². The number of aryl methyl sites for hydroxylation is 1. The van der Waals surface area contributed by atoms with E-state index < -0.39 is 0 Å². The van der Waals surface area contributed by atoms with E-state index in [2.05, 4.69) is 17.4 Å². The lowest BCUT2D eigenvalue weighted by Gasteiger charge is -2.16. The summed E-state index contributed by atoms with van der Waals surface area (Å²) in [5, 5.41) is 8.32. The van der Waals surface area contributed by atoms with Crippen molar-refractivity contribution in [3.8, 4) is 0 Å². The molecule has 2 aromatic heterocycles. The summed E-state index contributed by atoms with van der Waals surface area (Å²) in [6.45, 7) is 2.20. The van der Waals surface area contributed by atoms with Gasteiger partial charge in [0.05, 0.1) is 10.7 Å². The SMILES string of the molecule is C[C@H]1CCc2noc(NC(=O)c3sc4ccccc4c3Cl)c2C1. The Kier molecular flexibility index (Phi) is 3.62. The van der Waals surface area contributed by atoms with Gasteiger partial charge in [0.2, 0.25) is 5.88 Å². The van der Waals surface area contributed by atoms with Crippen molar-refractivity contribution in [2.24, 2.45) is 5.92 Å². The van der Waals surface area contributed by atoms with Crippen molar-refractivity contribution in [2.75, 3.05) is 5.32 Å². The standard InChI is InChI=1S/C17H15ClN2O2S/c1-9-6-7-12-11(8-9)17(22-20-12)19-16(21)15-14(18)10-4-2-3-5-13(10)23-15/h2-5,9H,6-8H2,1H3,(H,19,21)/t9-/m0/s1. The summed E-state index contributed by atoms with van der Waals surface area (Å²) in [4.78, 5) is 13.1. The molecule has 2 heterocycles. The number of halogens is 1. The first-order valence-corrected chi connectivity index (χ1v) is 8.78. The van der Waals surface area contributed by atoms with E-state index in [9.17, 15) is 4.79 Å². The fraction of sp³-hybridized carbons (Fsp3) is 0.294. The van der Waals surface area contributed by atoms with Crippen LogP contribution in [-0.2, 0) is 12.8 Å². The Morgan fingerprint density at radius 1 is 1.43 bits per heavy atom. The Hall–Kier alpha value is -1.85. The Balaban J connectivity index is 1.65. The second-order valence-corrected chi connectivity index (χ2v) is 7.41. The summed E-state index contributed by atoms with van der Waals surface area (Å²) in [5.41, 5.74) is 1.98. The third-order valence-corrected chi connectivity index (χ3v) is 5.94. The predicted molar refractivity (Wildman–Crippen MR) is 92.5 cm³/mol. The number of fused-ring (bicyclic) bond motifs is 2. The summed E-state index contributed by atoms with van der Waals surface area (Å²) in [5.74, 6) is 0.795. The minimum absolute atomic E-state index is 0.242. The normalized spacial score (nSPS) is 17.2. The molecule has 4 rings (SSSR count). The minimum atomic E-state index is -0.242. The Labute approximate surface area is 142 Å². The summed E-state index contributed by atoms with van der Waals surface area (Å²) in [6, 6.07) is 7.73. The first-order chi connectivity index (χ1) is 11.1. The van der Waals surface area contributed by atoms with Gasteiger partial charge in [-0.1, -0.05) is 41.9 Å². The first-order valence-electron chi connectivity index (χ1n) is 7.59. The molecule has 1 aliphatic rings. The highest BCUT2D eigenvalue weighted by molar-refractivity contribution is 7.21. The minimum Gasteiger partial charge on any atom is -0.338 e. The molecule has 1 amide bonds. The molecule has 1 aromatic carbocycles. The highest BCUT2D eigenvalue weighted by Crippen LogP contribution is 2.36. The van der Waals surface area contributed by atoms with Crippen molar-refractivity contribution >= 4 is 44.8 Å².